The molecule has 2 aromatic heterocycles. The number of nitriles is 1. The van der Waals surface area contributed by atoms with Gasteiger partial charge in [0.05, 0.1) is 12.3 Å². The predicted molar refractivity (Wildman–Crippen MR) is 97.8 cm³/mol. The molecular weight excluding hydrogens is 310 g/mol. The zero-order valence-electron chi connectivity index (χ0n) is 14.1. The lowest BCUT2D eigenvalue weighted by Crippen LogP contribution is -2.12. The van der Waals surface area contributed by atoms with E-state index in [1.54, 1.807) is 10.7 Å². The van der Waals surface area contributed by atoms with E-state index in [4.69, 9.17) is 11.0 Å². The highest BCUT2D eigenvalue weighted by Crippen LogP contribution is 2.37. The van der Waals surface area contributed by atoms with E-state index in [1.807, 2.05) is 12.3 Å². The normalized spacial score (nSPS) is 20.4. The summed E-state index contributed by atoms with van der Waals surface area (Å²) >= 11 is 0. The van der Waals surface area contributed by atoms with Crippen molar-refractivity contribution in [2.24, 2.45) is 5.92 Å². The van der Waals surface area contributed by atoms with Crippen molar-refractivity contribution in [2.45, 2.75) is 38.0 Å². The van der Waals surface area contributed by atoms with Gasteiger partial charge in [-0.05, 0) is 48.6 Å². The molecule has 5 nitrogen and oxygen atoms in total. The molecule has 2 heterocycles. The monoisotopic (exact) mass is 331 g/mol. The van der Waals surface area contributed by atoms with Crippen molar-refractivity contribution >= 4 is 11.5 Å². The lowest BCUT2D eigenvalue weighted by Gasteiger charge is -2.27. The van der Waals surface area contributed by atoms with E-state index < -0.39 is 0 Å². The highest BCUT2D eigenvalue weighted by molar-refractivity contribution is 5.75. The second-order valence-electron chi connectivity index (χ2n) is 6.86. The van der Waals surface area contributed by atoms with Gasteiger partial charge >= 0.3 is 0 Å². The fourth-order valence-corrected chi connectivity index (χ4v) is 3.88. The van der Waals surface area contributed by atoms with Gasteiger partial charge in [-0.25, -0.2) is 4.98 Å². The molecule has 126 valence electrons. The summed E-state index contributed by atoms with van der Waals surface area (Å²) < 4.78 is 1.67. The maximum Gasteiger partial charge on any atom is 0.157 e. The number of rotatable bonds is 3. The highest BCUT2D eigenvalue weighted by Gasteiger charge is 2.22. The Balaban J connectivity index is 1.54. The maximum absolute atomic E-state index is 8.84. The van der Waals surface area contributed by atoms with E-state index in [0.717, 1.165) is 29.6 Å². The standard InChI is InChI=1S/C20H21N5/c21-11-9-14-1-3-15(4-2-14)16-5-7-17(8-6-16)18-13-23-19-10-12-24-25(19)20(18)22/h5-8,10,12-15H,1-4,9,22H2/t14-,15-. The molecule has 0 aliphatic heterocycles. The third-order valence-electron chi connectivity index (χ3n) is 5.37. The molecule has 0 saturated heterocycles. The Morgan fingerprint density at radius 1 is 1.12 bits per heavy atom. The van der Waals surface area contributed by atoms with Crippen LogP contribution in [0, 0.1) is 17.2 Å². The fourth-order valence-electron chi connectivity index (χ4n) is 3.88. The number of fused-ring (bicyclic) bond motifs is 1. The third kappa shape index (κ3) is 2.96. The van der Waals surface area contributed by atoms with Gasteiger partial charge in [0.1, 0.15) is 5.82 Å². The smallest absolute Gasteiger partial charge is 0.157 e. The first-order chi connectivity index (χ1) is 12.3. The van der Waals surface area contributed by atoms with Crippen LogP contribution in [0.15, 0.2) is 42.7 Å². The summed E-state index contributed by atoms with van der Waals surface area (Å²) in [7, 11) is 0. The van der Waals surface area contributed by atoms with Crippen molar-refractivity contribution in [3.8, 4) is 17.2 Å². The van der Waals surface area contributed by atoms with Crippen LogP contribution in [0.4, 0.5) is 5.82 Å². The molecular formula is C20H21N5. The second kappa shape index (κ2) is 6.56. The van der Waals surface area contributed by atoms with E-state index in [2.05, 4.69) is 40.4 Å². The van der Waals surface area contributed by atoms with Crippen molar-refractivity contribution in [1.29, 1.82) is 5.26 Å². The summed E-state index contributed by atoms with van der Waals surface area (Å²) in [5.74, 6) is 1.81. The molecule has 1 aromatic carbocycles. The number of anilines is 1. The van der Waals surface area contributed by atoms with Crippen LogP contribution in [0.1, 0.15) is 43.6 Å². The van der Waals surface area contributed by atoms with Crippen LogP contribution in [-0.4, -0.2) is 14.6 Å². The van der Waals surface area contributed by atoms with Crippen LogP contribution >= 0.6 is 0 Å². The first-order valence-electron chi connectivity index (χ1n) is 8.82. The molecule has 0 amide bonds. The molecule has 0 unspecified atom stereocenters. The van der Waals surface area contributed by atoms with Crippen LogP contribution in [0.25, 0.3) is 16.8 Å². The molecule has 0 spiro atoms. The van der Waals surface area contributed by atoms with Gasteiger partial charge in [0.15, 0.2) is 5.65 Å². The van der Waals surface area contributed by atoms with E-state index in [-0.39, 0.29) is 0 Å². The molecule has 0 bridgehead atoms. The Labute approximate surface area is 147 Å². The van der Waals surface area contributed by atoms with Crippen molar-refractivity contribution in [3.05, 3.63) is 48.3 Å². The van der Waals surface area contributed by atoms with Gasteiger partial charge in [-0.15, -0.1) is 0 Å². The van der Waals surface area contributed by atoms with Gasteiger partial charge in [-0.1, -0.05) is 24.3 Å². The van der Waals surface area contributed by atoms with E-state index >= 15 is 0 Å². The second-order valence-corrected chi connectivity index (χ2v) is 6.86. The Kier molecular flexibility index (Phi) is 4.10. The molecule has 0 atom stereocenters. The van der Waals surface area contributed by atoms with E-state index in [9.17, 15) is 0 Å². The average Bonchev–Trinajstić information content (AvgIpc) is 3.13. The highest BCUT2D eigenvalue weighted by atomic mass is 15.3. The SMILES string of the molecule is N#CC[C@H]1CC[C@H](c2ccc(-c3cnc4ccnn4c3N)cc2)CC1. The Hall–Kier alpha value is -2.87. The molecule has 1 aliphatic carbocycles. The summed E-state index contributed by atoms with van der Waals surface area (Å²) in [5.41, 5.74) is 10.4. The molecule has 3 aromatic rings. The van der Waals surface area contributed by atoms with Crippen LogP contribution in [0.5, 0.6) is 0 Å². The van der Waals surface area contributed by atoms with Gasteiger partial charge in [-0.2, -0.15) is 14.9 Å². The van der Waals surface area contributed by atoms with Gasteiger partial charge in [0.25, 0.3) is 0 Å². The number of nitrogen functional groups attached to an aromatic ring is 1. The minimum Gasteiger partial charge on any atom is -0.383 e. The van der Waals surface area contributed by atoms with Crippen LogP contribution in [0.3, 0.4) is 0 Å². The molecule has 5 heteroatoms. The van der Waals surface area contributed by atoms with Crippen molar-refractivity contribution in [1.82, 2.24) is 14.6 Å². The van der Waals surface area contributed by atoms with Gasteiger partial charge < -0.3 is 5.73 Å². The number of benzene rings is 1. The molecule has 0 radical (unpaired) electrons. The number of nitrogens with zero attached hydrogens (tertiary/aromatic N) is 4. The van der Waals surface area contributed by atoms with Crippen molar-refractivity contribution in [2.75, 3.05) is 5.73 Å². The summed E-state index contributed by atoms with van der Waals surface area (Å²) in [6.45, 7) is 0. The van der Waals surface area contributed by atoms with Crippen LogP contribution in [-0.2, 0) is 0 Å². The zero-order valence-corrected chi connectivity index (χ0v) is 14.1. The molecule has 2 N–H and O–H groups in total. The largest absolute Gasteiger partial charge is 0.383 e. The van der Waals surface area contributed by atoms with Gasteiger partial charge in [-0.3, -0.25) is 0 Å². The quantitative estimate of drug-likeness (QED) is 0.781. The Morgan fingerprint density at radius 3 is 2.60 bits per heavy atom. The Bertz CT molecular complexity index is 911. The topological polar surface area (TPSA) is 80.0 Å². The number of nitrogens with two attached hydrogens (primary N) is 1. The number of hydrogen-bond donors (Lipinski definition) is 1. The summed E-state index contributed by atoms with van der Waals surface area (Å²) in [6.07, 6.45) is 8.89. The fraction of sp³-hybridized carbons (Fsp3) is 0.350. The average molecular weight is 331 g/mol. The first-order valence-corrected chi connectivity index (χ1v) is 8.82. The lowest BCUT2D eigenvalue weighted by molar-refractivity contribution is 0.330. The van der Waals surface area contributed by atoms with Gasteiger partial charge in [0.2, 0.25) is 0 Å². The van der Waals surface area contributed by atoms with Crippen molar-refractivity contribution < 1.29 is 0 Å². The van der Waals surface area contributed by atoms with E-state index in [0.29, 0.717) is 24.1 Å². The van der Waals surface area contributed by atoms with Crippen molar-refractivity contribution in [3.63, 3.8) is 0 Å². The summed E-state index contributed by atoms with van der Waals surface area (Å²) in [5, 5.41) is 13.1. The van der Waals surface area contributed by atoms with Crippen LogP contribution < -0.4 is 5.73 Å². The minimum atomic E-state index is 0.590. The van der Waals surface area contributed by atoms with Gasteiger partial charge in [0, 0.05) is 24.2 Å². The third-order valence-corrected chi connectivity index (χ3v) is 5.37. The molecule has 1 aliphatic rings. The number of hydrogen-bond acceptors (Lipinski definition) is 4. The van der Waals surface area contributed by atoms with E-state index in [1.165, 1.54) is 18.4 Å². The molecule has 4 rings (SSSR count). The number of aromatic nitrogens is 3. The Morgan fingerprint density at radius 2 is 1.88 bits per heavy atom. The predicted octanol–water partition coefficient (Wildman–Crippen LogP) is 4.17. The summed E-state index contributed by atoms with van der Waals surface area (Å²) in [4.78, 5) is 4.41. The zero-order chi connectivity index (χ0) is 17.2. The maximum atomic E-state index is 8.84. The molecule has 25 heavy (non-hydrogen) atoms. The van der Waals surface area contributed by atoms with Crippen LogP contribution in [0.2, 0.25) is 0 Å². The molecule has 1 saturated carbocycles. The first kappa shape index (κ1) is 15.6. The lowest BCUT2D eigenvalue weighted by atomic mass is 9.77. The summed E-state index contributed by atoms with van der Waals surface area (Å²) in [6, 6.07) is 12.8. The molecule has 1 fully saturated rings. The minimum absolute atomic E-state index is 0.590.